The molecule has 2 aromatic carbocycles. The van der Waals surface area contributed by atoms with Crippen LogP contribution in [0.25, 0.3) is 5.70 Å². The van der Waals surface area contributed by atoms with Crippen molar-refractivity contribution < 1.29 is 9.72 Å². The number of aromatic nitrogens is 2. The molecule has 1 heterocycles. The van der Waals surface area contributed by atoms with Gasteiger partial charge in [0.15, 0.2) is 0 Å². The lowest BCUT2D eigenvalue weighted by atomic mass is 10.1. The number of hydrazine groups is 1. The molecule has 3 rings (SSSR count). The molecule has 0 saturated carbocycles. The maximum atomic E-state index is 12.3. The fourth-order valence-electron chi connectivity index (χ4n) is 2.60. The number of halogens is 1. The number of nitro groups is 1. The minimum atomic E-state index is -0.526. The van der Waals surface area contributed by atoms with Gasteiger partial charge < -0.3 is 10.1 Å². The number of nitrogens with one attached hydrogen (secondary N) is 2. The van der Waals surface area contributed by atoms with E-state index in [0.717, 1.165) is 11.1 Å². The fraction of sp³-hybridized carbons (Fsp3) is 0.100. The first-order valence-corrected chi connectivity index (χ1v) is 9.00. The molecule has 148 valence electrons. The van der Waals surface area contributed by atoms with Crippen LogP contribution in [-0.4, -0.2) is 20.6 Å². The van der Waals surface area contributed by atoms with Gasteiger partial charge in [0, 0.05) is 10.6 Å². The molecule has 0 aliphatic rings. The van der Waals surface area contributed by atoms with Gasteiger partial charge in [-0.2, -0.15) is 4.68 Å². The Morgan fingerprint density at radius 2 is 1.76 bits per heavy atom. The Morgan fingerprint density at radius 1 is 1.14 bits per heavy atom. The quantitative estimate of drug-likeness (QED) is 0.455. The maximum Gasteiger partial charge on any atom is 0.390 e. The summed E-state index contributed by atoms with van der Waals surface area (Å²) in [5, 5.41) is 15.4. The van der Waals surface area contributed by atoms with E-state index in [9.17, 15) is 14.9 Å². The summed E-state index contributed by atoms with van der Waals surface area (Å²) in [7, 11) is 0. The molecule has 29 heavy (non-hydrogen) atoms. The van der Waals surface area contributed by atoms with Crippen LogP contribution in [0.3, 0.4) is 0 Å². The third kappa shape index (κ3) is 4.99. The molecule has 0 aliphatic carbocycles. The number of hydrogen-bond acceptors (Lipinski definition) is 5. The predicted octanol–water partition coefficient (Wildman–Crippen LogP) is 3.71. The van der Waals surface area contributed by atoms with Crippen LogP contribution >= 0.6 is 11.6 Å². The molecule has 0 radical (unpaired) electrons. The van der Waals surface area contributed by atoms with E-state index in [1.165, 1.54) is 6.07 Å². The van der Waals surface area contributed by atoms with Gasteiger partial charge in [0.25, 0.3) is 5.91 Å². The smallest absolute Gasteiger partial charge is 0.358 e. The van der Waals surface area contributed by atoms with Crippen LogP contribution in [0.15, 0.2) is 61.2 Å². The number of aryl methyl sites for hydroxylation is 1. The first kappa shape index (κ1) is 20.1. The van der Waals surface area contributed by atoms with Crippen molar-refractivity contribution >= 4 is 29.0 Å². The Kier molecular flexibility index (Phi) is 5.94. The van der Waals surface area contributed by atoms with E-state index >= 15 is 0 Å². The number of rotatable bonds is 7. The fourth-order valence-corrected chi connectivity index (χ4v) is 2.73. The standard InChI is InChI=1S/C20H18ClN5O3/c1-13-11-19(26(28)29)24-25(13)12-15-3-5-17(6-4-15)20(27)23-22-14(2)16-7-9-18(21)10-8-16/h3-11,22H,2,12H2,1H3,(H,23,27). The van der Waals surface area contributed by atoms with Gasteiger partial charge in [-0.3, -0.25) is 15.6 Å². The van der Waals surface area contributed by atoms with Crippen LogP contribution in [0.4, 0.5) is 5.82 Å². The van der Waals surface area contributed by atoms with Gasteiger partial charge in [0.05, 0.1) is 29.1 Å². The molecular formula is C20H18ClN5O3. The van der Waals surface area contributed by atoms with Gasteiger partial charge in [-0.05, 0) is 47.2 Å². The highest BCUT2D eigenvalue weighted by Gasteiger charge is 2.15. The van der Waals surface area contributed by atoms with Crippen molar-refractivity contribution in [2.45, 2.75) is 13.5 Å². The lowest BCUT2D eigenvalue weighted by Crippen LogP contribution is -2.35. The van der Waals surface area contributed by atoms with E-state index < -0.39 is 4.92 Å². The largest absolute Gasteiger partial charge is 0.390 e. The minimum Gasteiger partial charge on any atom is -0.358 e. The normalized spacial score (nSPS) is 10.4. The summed E-state index contributed by atoms with van der Waals surface area (Å²) in [5.74, 6) is -0.511. The van der Waals surface area contributed by atoms with E-state index in [4.69, 9.17) is 11.6 Å². The Hall–Kier alpha value is -3.65. The van der Waals surface area contributed by atoms with Crippen molar-refractivity contribution in [3.05, 3.63) is 98.7 Å². The second-order valence-corrected chi connectivity index (χ2v) is 6.76. The van der Waals surface area contributed by atoms with E-state index in [0.29, 0.717) is 28.5 Å². The van der Waals surface area contributed by atoms with Gasteiger partial charge in [-0.1, -0.05) is 42.4 Å². The molecule has 0 aliphatic heterocycles. The van der Waals surface area contributed by atoms with Crippen LogP contribution in [0.1, 0.15) is 27.2 Å². The molecule has 1 aromatic heterocycles. The summed E-state index contributed by atoms with van der Waals surface area (Å²) in [6.45, 7) is 6.00. The highest BCUT2D eigenvalue weighted by atomic mass is 35.5. The van der Waals surface area contributed by atoms with Crippen LogP contribution < -0.4 is 10.9 Å². The first-order chi connectivity index (χ1) is 13.8. The van der Waals surface area contributed by atoms with Crippen molar-refractivity contribution in [2.75, 3.05) is 0 Å². The Balaban J connectivity index is 1.59. The zero-order chi connectivity index (χ0) is 21.0. The van der Waals surface area contributed by atoms with E-state index in [1.54, 1.807) is 60.1 Å². The zero-order valence-corrected chi connectivity index (χ0v) is 16.3. The molecule has 9 heteroatoms. The number of nitrogens with zero attached hydrogens (tertiary/aromatic N) is 3. The first-order valence-electron chi connectivity index (χ1n) is 8.62. The van der Waals surface area contributed by atoms with Crippen molar-refractivity contribution in [3.8, 4) is 0 Å². The number of benzene rings is 2. The summed E-state index contributed by atoms with van der Waals surface area (Å²) >= 11 is 5.86. The van der Waals surface area contributed by atoms with Crippen molar-refractivity contribution in [1.29, 1.82) is 0 Å². The number of carbonyl (C=O) groups excluding carboxylic acids is 1. The van der Waals surface area contributed by atoms with Crippen molar-refractivity contribution in [3.63, 3.8) is 0 Å². The summed E-state index contributed by atoms with van der Waals surface area (Å²) < 4.78 is 1.55. The maximum absolute atomic E-state index is 12.3. The summed E-state index contributed by atoms with van der Waals surface area (Å²) in [5.41, 5.74) is 8.70. The Labute approximate surface area is 171 Å². The number of hydrogen-bond donors (Lipinski definition) is 2. The minimum absolute atomic E-state index is 0.189. The molecule has 0 spiro atoms. The Bertz CT molecular complexity index is 1060. The lowest BCUT2D eigenvalue weighted by molar-refractivity contribution is -0.389. The molecule has 3 aromatic rings. The topological polar surface area (TPSA) is 102 Å². The van der Waals surface area contributed by atoms with Crippen LogP contribution in [0.5, 0.6) is 0 Å². The van der Waals surface area contributed by atoms with Crippen molar-refractivity contribution in [1.82, 2.24) is 20.6 Å². The van der Waals surface area contributed by atoms with Gasteiger partial charge in [-0.15, -0.1) is 0 Å². The molecule has 2 N–H and O–H groups in total. The van der Waals surface area contributed by atoms with Gasteiger partial charge in [0.1, 0.15) is 0 Å². The molecule has 8 nitrogen and oxygen atoms in total. The molecule has 0 atom stereocenters. The number of carbonyl (C=O) groups is 1. The summed E-state index contributed by atoms with van der Waals surface area (Å²) in [6.07, 6.45) is 0. The predicted molar refractivity (Wildman–Crippen MR) is 110 cm³/mol. The van der Waals surface area contributed by atoms with Gasteiger partial charge >= 0.3 is 5.82 Å². The molecular weight excluding hydrogens is 394 g/mol. The van der Waals surface area contributed by atoms with E-state index in [-0.39, 0.29) is 11.7 Å². The molecule has 1 amide bonds. The van der Waals surface area contributed by atoms with E-state index in [1.807, 2.05) is 0 Å². The molecule has 0 fully saturated rings. The second-order valence-electron chi connectivity index (χ2n) is 6.32. The SMILES string of the molecule is C=C(NNC(=O)c1ccc(Cn2nc([N+](=O)[O-])cc2C)cc1)c1ccc(Cl)cc1. The average Bonchev–Trinajstić information content (AvgIpc) is 3.07. The molecule has 0 bridgehead atoms. The Morgan fingerprint density at radius 3 is 2.34 bits per heavy atom. The van der Waals surface area contributed by atoms with Crippen LogP contribution in [0, 0.1) is 17.0 Å². The van der Waals surface area contributed by atoms with E-state index in [2.05, 4.69) is 22.5 Å². The molecule has 0 unspecified atom stereocenters. The average molecular weight is 412 g/mol. The lowest BCUT2D eigenvalue weighted by Gasteiger charge is -2.11. The van der Waals surface area contributed by atoms with Gasteiger partial charge in [0.2, 0.25) is 0 Å². The highest BCUT2D eigenvalue weighted by Crippen LogP contribution is 2.15. The number of amides is 1. The zero-order valence-electron chi connectivity index (χ0n) is 15.6. The molecule has 0 saturated heterocycles. The van der Waals surface area contributed by atoms with Crippen LogP contribution in [-0.2, 0) is 6.54 Å². The monoisotopic (exact) mass is 411 g/mol. The second kappa shape index (κ2) is 8.57. The summed E-state index contributed by atoms with van der Waals surface area (Å²) in [4.78, 5) is 22.6. The third-order valence-electron chi connectivity index (χ3n) is 4.22. The third-order valence-corrected chi connectivity index (χ3v) is 4.48. The van der Waals surface area contributed by atoms with Gasteiger partial charge in [-0.25, -0.2) is 0 Å². The summed E-state index contributed by atoms with van der Waals surface area (Å²) in [6, 6.07) is 15.4. The van der Waals surface area contributed by atoms with Crippen molar-refractivity contribution in [2.24, 2.45) is 0 Å². The highest BCUT2D eigenvalue weighted by molar-refractivity contribution is 6.30. The van der Waals surface area contributed by atoms with Crippen LogP contribution in [0.2, 0.25) is 5.02 Å².